The van der Waals surface area contributed by atoms with E-state index in [0.717, 1.165) is 51.8 Å². The Hall–Kier alpha value is -4.40. The molecule has 1 aliphatic rings. The molecule has 3 aromatic heterocycles. The van der Waals surface area contributed by atoms with Gasteiger partial charge >= 0.3 is 6.09 Å². The molecule has 9 nitrogen and oxygen atoms in total. The summed E-state index contributed by atoms with van der Waals surface area (Å²) in [6.45, 7) is 6.90. The number of anilines is 1. The monoisotopic (exact) mass is 524 g/mol. The van der Waals surface area contributed by atoms with E-state index in [1.165, 1.54) is 6.33 Å². The normalized spacial score (nSPS) is 14.8. The maximum atomic E-state index is 12.6. The smallest absolute Gasteiger partial charge is 0.410 e. The summed E-state index contributed by atoms with van der Waals surface area (Å²) in [5.74, 6) is 1.31. The van der Waals surface area contributed by atoms with Gasteiger partial charge in [-0.1, -0.05) is 36.4 Å². The van der Waals surface area contributed by atoms with E-state index < -0.39 is 5.60 Å². The SMILES string of the molecule is CC(C)(C)OC(=O)N1CCC(c2cc(-c3ccc4nc(Cc5ccccc5)oc4c3)c3c(N)ncnn23)CC1. The van der Waals surface area contributed by atoms with Crippen LogP contribution in [0.3, 0.4) is 0 Å². The molecule has 5 aromatic rings. The van der Waals surface area contributed by atoms with Gasteiger partial charge in [0.2, 0.25) is 0 Å². The molecule has 1 fully saturated rings. The van der Waals surface area contributed by atoms with Crippen LogP contribution in [0.1, 0.15) is 56.7 Å². The molecule has 0 saturated carbocycles. The number of carbonyl (C=O) groups excluding carboxylic acids is 1. The minimum atomic E-state index is -0.512. The molecule has 1 amide bonds. The van der Waals surface area contributed by atoms with Gasteiger partial charge in [0.25, 0.3) is 0 Å². The van der Waals surface area contributed by atoms with E-state index in [1.807, 2.05) is 61.7 Å². The summed E-state index contributed by atoms with van der Waals surface area (Å²) in [5, 5.41) is 4.56. The van der Waals surface area contributed by atoms with Gasteiger partial charge in [-0.15, -0.1) is 0 Å². The highest BCUT2D eigenvalue weighted by Gasteiger charge is 2.30. The van der Waals surface area contributed by atoms with Crippen LogP contribution in [0.2, 0.25) is 0 Å². The summed E-state index contributed by atoms with van der Waals surface area (Å²) < 4.78 is 13.6. The lowest BCUT2D eigenvalue weighted by Gasteiger charge is -2.33. The fourth-order valence-electron chi connectivity index (χ4n) is 5.27. The van der Waals surface area contributed by atoms with E-state index in [1.54, 1.807) is 4.90 Å². The van der Waals surface area contributed by atoms with Crippen LogP contribution < -0.4 is 5.73 Å². The molecule has 2 aromatic carbocycles. The summed E-state index contributed by atoms with van der Waals surface area (Å²) in [5.41, 5.74) is 12.3. The number of hydrogen-bond acceptors (Lipinski definition) is 7. The van der Waals surface area contributed by atoms with Crippen molar-refractivity contribution in [2.75, 3.05) is 18.8 Å². The summed E-state index contributed by atoms with van der Waals surface area (Å²) in [7, 11) is 0. The molecule has 2 N–H and O–H groups in total. The molecule has 4 heterocycles. The topological polar surface area (TPSA) is 112 Å². The predicted molar refractivity (Wildman–Crippen MR) is 149 cm³/mol. The van der Waals surface area contributed by atoms with Gasteiger partial charge in [0.1, 0.15) is 23.0 Å². The van der Waals surface area contributed by atoms with Crippen molar-refractivity contribution in [2.45, 2.75) is 51.6 Å². The second-order valence-corrected chi connectivity index (χ2v) is 11.1. The molecule has 1 saturated heterocycles. The van der Waals surface area contributed by atoms with Crippen molar-refractivity contribution in [2.24, 2.45) is 0 Å². The standard InChI is InChI=1S/C30H32N6O3/c1-30(2,3)39-29(37)35-13-11-20(12-14-35)24-17-22(27-28(31)32-18-33-36(24)27)21-9-10-23-25(16-21)38-26(34-23)15-19-7-5-4-6-8-19/h4-10,16-18,20H,11-15H2,1-3H3,(H2,31,32,33). The van der Waals surface area contributed by atoms with Gasteiger partial charge in [-0.2, -0.15) is 5.10 Å². The molecular weight excluding hydrogens is 492 g/mol. The van der Waals surface area contributed by atoms with Crippen LogP contribution in [0, 0.1) is 0 Å². The molecule has 0 bridgehead atoms. The Morgan fingerprint density at radius 3 is 2.62 bits per heavy atom. The number of ether oxygens (including phenoxy) is 1. The number of nitrogens with two attached hydrogens (primary N) is 1. The fourth-order valence-corrected chi connectivity index (χ4v) is 5.27. The van der Waals surface area contributed by atoms with Crippen molar-refractivity contribution in [3.8, 4) is 11.1 Å². The number of likely N-dealkylation sites (tertiary alicyclic amines) is 1. The van der Waals surface area contributed by atoms with Crippen LogP contribution >= 0.6 is 0 Å². The number of fused-ring (bicyclic) bond motifs is 2. The zero-order chi connectivity index (χ0) is 27.1. The van der Waals surface area contributed by atoms with Crippen LogP contribution in [-0.2, 0) is 11.2 Å². The molecule has 39 heavy (non-hydrogen) atoms. The third-order valence-corrected chi connectivity index (χ3v) is 7.12. The Kier molecular flexibility index (Phi) is 6.21. The fraction of sp³-hybridized carbons (Fsp3) is 0.333. The Morgan fingerprint density at radius 1 is 1.10 bits per heavy atom. The van der Waals surface area contributed by atoms with Crippen LogP contribution in [0.15, 0.2) is 65.3 Å². The van der Waals surface area contributed by atoms with E-state index in [0.29, 0.717) is 31.2 Å². The van der Waals surface area contributed by atoms with Gasteiger partial charge < -0.3 is 19.8 Å². The van der Waals surface area contributed by atoms with E-state index in [2.05, 4.69) is 33.3 Å². The van der Waals surface area contributed by atoms with Gasteiger partial charge in [-0.25, -0.2) is 19.3 Å². The number of nitrogen functional groups attached to an aromatic ring is 1. The Morgan fingerprint density at radius 2 is 1.87 bits per heavy atom. The van der Waals surface area contributed by atoms with Gasteiger partial charge in [-0.3, -0.25) is 0 Å². The molecule has 200 valence electrons. The van der Waals surface area contributed by atoms with Gasteiger partial charge in [0.15, 0.2) is 17.3 Å². The number of piperidine rings is 1. The van der Waals surface area contributed by atoms with Crippen LogP contribution in [0.4, 0.5) is 10.6 Å². The first-order valence-corrected chi connectivity index (χ1v) is 13.3. The zero-order valence-electron chi connectivity index (χ0n) is 22.4. The molecule has 0 unspecified atom stereocenters. The van der Waals surface area contributed by atoms with Crippen molar-refractivity contribution in [3.05, 3.63) is 78.1 Å². The number of aromatic nitrogens is 4. The minimum absolute atomic E-state index is 0.214. The lowest BCUT2D eigenvalue weighted by atomic mass is 9.93. The lowest BCUT2D eigenvalue weighted by Crippen LogP contribution is -2.41. The van der Waals surface area contributed by atoms with Gasteiger partial charge in [0, 0.05) is 36.7 Å². The molecule has 6 rings (SSSR count). The number of carbonyl (C=O) groups is 1. The molecular formula is C30H32N6O3. The first kappa shape index (κ1) is 24.9. The molecule has 0 spiro atoms. The van der Waals surface area contributed by atoms with Crippen molar-refractivity contribution in [1.82, 2.24) is 24.5 Å². The van der Waals surface area contributed by atoms with E-state index in [9.17, 15) is 4.79 Å². The van der Waals surface area contributed by atoms with E-state index in [-0.39, 0.29) is 12.0 Å². The third-order valence-electron chi connectivity index (χ3n) is 7.12. The molecule has 0 atom stereocenters. The van der Waals surface area contributed by atoms with Crippen LogP contribution in [0.25, 0.3) is 27.7 Å². The Bertz CT molecular complexity index is 1640. The average Bonchev–Trinajstić information content (AvgIpc) is 3.50. The lowest BCUT2D eigenvalue weighted by molar-refractivity contribution is 0.0203. The summed E-state index contributed by atoms with van der Waals surface area (Å²) in [6, 6.07) is 18.3. The average molecular weight is 525 g/mol. The molecule has 0 aliphatic carbocycles. The number of hydrogen-bond donors (Lipinski definition) is 1. The largest absolute Gasteiger partial charge is 0.444 e. The number of benzene rings is 2. The van der Waals surface area contributed by atoms with Crippen molar-refractivity contribution in [1.29, 1.82) is 0 Å². The summed E-state index contributed by atoms with van der Waals surface area (Å²) in [4.78, 5) is 23.3. The predicted octanol–water partition coefficient (Wildman–Crippen LogP) is 5.83. The highest BCUT2D eigenvalue weighted by atomic mass is 16.6. The zero-order valence-corrected chi connectivity index (χ0v) is 22.4. The van der Waals surface area contributed by atoms with E-state index in [4.69, 9.17) is 14.9 Å². The Labute approximate surface area is 226 Å². The Balaban J connectivity index is 1.30. The minimum Gasteiger partial charge on any atom is -0.444 e. The van der Waals surface area contributed by atoms with E-state index >= 15 is 0 Å². The maximum absolute atomic E-state index is 12.6. The second kappa shape index (κ2) is 9.72. The van der Waals surface area contributed by atoms with Crippen molar-refractivity contribution < 1.29 is 13.9 Å². The highest BCUT2D eigenvalue weighted by molar-refractivity contribution is 5.91. The first-order chi connectivity index (χ1) is 18.7. The van der Waals surface area contributed by atoms with Crippen molar-refractivity contribution in [3.63, 3.8) is 0 Å². The summed E-state index contributed by atoms with van der Waals surface area (Å²) >= 11 is 0. The number of nitrogens with zero attached hydrogens (tertiary/aromatic N) is 5. The van der Waals surface area contributed by atoms with Gasteiger partial charge in [-0.05, 0) is 62.9 Å². The molecule has 1 aliphatic heterocycles. The summed E-state index contributed by atoms with van der Waals surface area (Å²) in [6.07, 6.45) is 3.46. The maximum Gasteiger partial charge on any atom is 0.410 e. The third kappa shape index (κ3) is 5.04. The van der Waals surface area contributed by atoms with Crippen LogP contribution in [0.5, 0.6) is 0 Å². The quantitative estimate of drug-likeness (QED) is 0.315. The number of oxazole rings is 1. The van der Waals surface area contributed by atoms with Gasteiger partial charge in [0.05, 0.1) is 0 Å². The van der Waals surface area contributed by atoms with Crippen LogP contribution in [-0.4, -0.2) is 49.3 Å². The molecule has 9 heteroatoms. The second-order valence-electron chi connectivity index (χ2n) is 11.1. The van der Waals surface area contributed by atoms with Crippen molar-refractivity contribution >= 4 is 28.5 Å². The molecule has 0 radical (unpaired) electrons. The first-order valence-electron chi connectivity index (χ1n) is 13.3. The number of amides is 1. The highest BCUT2D eigenvalue weighted by Crippen LogP contribution is 2.37. The number of rotatable bonds is 4.